The van der Waals surface area contributed by atoms with Crippen LogP contribution in [0.25, 0.3) is 0 Å². The number of hydrogen-bond acceptors (Lipinski definition) is 5. The van der Waals surface area contributed by atoms with Crippen LogP contribution in [0.4, 0.5) is 0 Å². The third kappa shape index (κ3) is 3.92. The number of hydrogen-bond donors (Lipinski definition) is 2. The summed E-state index contributed by atoms with van der Waals surface area (Å²) in [7, 11) is 0. The summed E-state index contributed by atoms with van der Waals surface area (Å²) >= 11 is 0. The summed E-state index contributed by atoms with van der Waals surface area (Å²) in [6, 6.07) is -0.444. The number of piperazine rings is 1. The highest BCUT2D eigenvalue weighted by Crippen LogP contribution is 2.26. The van der Waals surface area contributed by atoms with E-state index in [0.29, 0.717) is 19.6 Å². The normalized spacial score (nSPS) is 20.5. The van der Waals surface area contributed by atoms with E-state index in [4.69, 9.17) is 0 Å². The molecule has 1 aromatic rings. The van der Waals surface area contributed by atoms with Gasteiger partial charge in [0.15, 0.2) is 5.82 Å². The van der Waals surface area contributed by atoms with Gasteiger partial charge in [-0.2, -0.15) is 5.10 Å². The average molecular weight is 334 g/mol. The number of carbonyl (C=O) groups excluding carboxylic acids is 2. The van der Waals surface area contributed by atoms with Gasteiger partial charge in [-0.15, -0.1) is 0 Å². The molecule has 0 aromatic carbocycles. The van der Waals surface area contributed by atoms with Crippen molar-refractivity contribution in [1.82, 2.24) is 30.3 Å². The molecule has 1 aliphatic carbocycles. The van der Waals surface area contributed by atoms with Gasteiger partial charge in [-0.05, 0) is 26.7 Å². The van der Waals surface area contributed by atoms with Crippen molar-refractivity contribution in [3.05, 3.63) is 11.6 Å². The Balaban J connectivity index is 1.43. The van der Waals surface area contributed by atoms with E-state index in [-0.39, 0.29) is 17.7 Å². The van der Waals surface area contributed by atoms with Gasteiger partial charge in [0.05, 0.1) is 6.54 Å². The van der Waals surface area contributed by atoms with E-state index < -0.39 is 6.04 Å². The minimum absolute atomic E-state index is 0.0102. The smallest absolute Gasteiger partial charge is 0.244 e. The van der Waals surface area contributed by atoms with Crippen LogP contribution in [0.2, 0.25) is 0 Å². The van der Waals surface area contributed by atoms with E-state index in [1.54, 1.807) is 6.92 Å². The highest BCUT2D eigenvalue weighted by atomic mass is 16.2. The van der Waals surface area contributed by atoms with Crippen LogP contribution in [0.3, 0.4) is 0 Å². The molecular formula is C16H26N6O2. The maximum Gasteiger partial charge on any atom is 0.244 e. The van der Waals surface area contributed by atoms with Gasteiger partial charge in [-0.1, -0.05) is 6.42 Å². The third-order valence-electron chi connectivity index (χ3n) is 4.90. The van der Waals surface area contributed by atoms with Crippen LogP contribution in [0.15, 0.2) is 0 Å². The van der Waals surface area contributed by atoms with Crippen molar-refractivity contribution >= 4 is 11.8 Å². The molecule has 1 unspecified atom stereocenters. The van der Waals surface area contributed by atoms with E-state index in [2.05, 4.69) is 25.4 Å². The Kier molecular flexibility index (Phi) is 5.13. The van der Waals surface area contributed by atoms with E-state index in [0.717, 1.165) is 44.0 Å². The molecule has 1 saturated carbocycles. The highest BCUT2D eigenvalue weighted by molar-refractivity contribution is 5.88. The molecule has 0 bridgehead atoms. The van der Waals surface area contributed by atoms with E-state index in [1.807, 2.05) is 11.8 Å². The lowest BCUT2D eigenvalue weighted by Gasteiger charge is -2.36. The predicted octanol–water partition coefficient (Wildman–Crippen LogP) is 0.0621. The second-order valence-corrected chi connectivity index (χ2v) is 6.80. The first-order valence-electron chi connectivity index (χ1n) is 8.72. The van der Waals surface area contributed by atoms with Gasteiger partial charge < -0.3 is 10.2 Å². The molecule has 2 amide bonds. The fraction of sp³-hybridized carbons (Fsp3) is 0.750. The van der Waals surface area contributed by atoms with Gasteiger partial charge in [-0.3, -0.25) is 19.6 Å². The minimum Gasteiger partial charge on any atom is -0.344 e. The zero-order valence-corrected chi connectivity index (χ0v) is 14.4. The van der Waals surface area contributed by atoms with E-state index in [9.17, 15) is 9.59 Å². The van der Waals surface area contributed by atoms with Crippen molar-refractivity contribution in [3.8, 4) is 0 Å². The predicted molar refractivity (Wildman–Crippen MR) is 87.9 cm³/mol. The molecule has 24 heavy (non-hydrogen) atoms. The van der Waals surface area contributed by atoms with Gasteiger partial charge in [0.1, 0.15) is 11.9 Å². The Morgan fingerprint density at radius 1 is 1.29 bits per heavy atom. The molecule has 0 spiro atoms. The lowest BCUT2D eigenvalue weighted by molar-refractivity contribution is -0.139. The first kappa shape index (κ1) is 16.9. The number of rotatable bonds is 5. The fourth-order valence-electron chi connectivity index (χ4n) is 3.12. The summed E-state index contributed by atoms with van der Waals surface area (Å²) in [6.07, 6.45) is 3.02. The van der Waals surface area contributed by atoms with Gasteiger partial charge in [-0.25, -0.2) is 4.98 Å². The Hall–Kier alpha value is -1.96. The first-order valence-corrected chi connectivity index (χ1v) is 8.72. The molecular weight excluding hydrogens is 308 g/mol. The number of aromatic nitrogens is 3. The largest absolute Gasteiger partial charge is 0.344 e. The molecule has 2 N–H and O–H groups in total. The maximum atomic E-state index is 12.5. The zero-order valence-electron chi connectivity index (χ0n) is 14.4. The van der Waals surface area contributed by atoms with Crippen LogP contribution in [-0.2, 0) is 16.1 Å². The SMILES string of the molecule is Cc1nc(CN2CCN(C(=O)C(C)NC(=O)C3CCC3)CC2)n[nH]1. The van der Waals surface area contributed by atoms with Crippen molar-refractivity contribution in [1.29, 1.82) is 0 Å². The Labute approximate surface area is 142 Å². The number of nitrogens with zero attached hydrogens (tertiary/aromatic N) is 4. The number of H-pyrrole nitrogens is 1. The van der Waals surface area contributed by atoms with Crippen LogP contribution < -0.4 is 5.32 Å². The molecule has 1 atom stereocenters. The summed E-state index contributed by atoms with van der Waals surface area (Å²) in [5.74, 6) is 1.75. The van der Waals surface area contributed by atoms with Crippen LogP contribution in [0, 0.1) is 12.8 Å². The summed E-state index contributed by atoms with van der Waals surface area (Å²) in [6.45, 7) is 7.29. The van der Waals surface area contributed by atoms with E-state index >= 15 is 0 Å². The van der Waals surface area contributed by atoms with Crippen molar-refractivity contribution in [2.45, 2.75) is 45.7 Å². The summed E-state index contributed by atoms with van der Waals surface area (Å²) < 4.78 is 0. The van der Waals surface area contributed by atoms with Crippen LogP contribution in [0.1, 0.15) is 37.8 Å². The molecule has 8 heteroatoms. The molecule has 3 rings (SSSR count). The number of aromatic amines is 1. The maximum absolute atomic E-state index is 12.5. The average Bonchev–Trinajstić information content (AvgIpc) is 2.90. The van der Waals surface area contributed by atoms with Gasteiger partial charge in [0, 0.05) is 32.1 Å². The lowest BCUT2D eigenvalue weighted by Crippen LogP contribution is -2.54. The number of carbonyl (C=O) groups is 2. The third-order valence-corrected chi connectivity index (χ3v) is 4.90. The molecule has 1 aliphatic heterocycles. The highest BCUT2D eigenvalue weighted by Gasteiger charge is 2.30. The van der Waals surface area contributed by atoms with Crippen LogP contribution >= 0.6 is 0 Å². The van der Waals surface area contributed by atoms with Crippen LogP contribution in [0.5, 0.6) is 0 Å². The molecule has 1 saturated heterocycles. The zero-order chi connectivity index (χ0) is 17.1. The van der Waals surface area contributed by atoms with Crippen molar-refractivity contribution in [3.63, 3.8) is 0 Å². The first-order chi connectivity index (χ1) is 11.5. The quantitative estimate of drug-likeness (QED) is 0.794. The van der Waals surface area contributed by atoms with Gasteiger partial charge in [0.25, 0.3) is 0 Å². The number of amides is 2. The summed E-state index contributed by atoms with van der Waals surface area (Å²) in [4.78, 5) is 32.9. The van der Waals surface area contributed by atoms with Gasteiger partial charge >= 0.3 is 0 Å². The van der Waals surface area contributed by atoms with Crippen molar-refractivity contribution in [2.75, 3.05) is 26.2 Å². The lowest BCUT2D eigenvalue weighted by atomic mass is 9.84. The molecule has 2 heterocycles. The summed E-state index contributed by atoms with van der Waals surface area (Å²) in [5, 5.41) is 9.86. The van der Waals surface area contributed by atoms with E-state index in [1.165, 1.54) is 0 Å². The monoisotopic (exact) mass is 334 g/mol. The summed E-state index contributed by atoms with van der Waals surface area (Å²) in [5.41, 5.74) is 0. The fourth-order valence-corrected chi connectivity index (χ4v) is 3.12. The van der Waals surface area contributed by atoms with Crippen LogP contribution in [-0.4, -0.2) is 69.0 Å². The number of nitrogens with one attached hydrogen (secondary N) is 2. The second-order valence-electron chi connectivity index (χ2n) is 6.80. The minimum atomic E-state index is -0.444. The van der Waals surface area contributed by atoms with Gasteiger partial charge in [0.2, 0.25) is 11.8 Å². The standard InChI is InChI=1S/C16H26N6O2/c1-11(17-15(23)13-4-3-5-13)16(24)22-8-6-21(7-9-22)10-14-18-12(2)19-20-14/h11,13H,3-10H2,1-2H3,(H,17,23)(H,18,19,20). The second kappa shape index (κ2) is 7.29. The molecule has 1 aromatic heterocycles. The molecule has 132 valence electrons. The van der Waals surface area contributed by atoms with Crippen molar-refractivity contribution < 1.29 is 9.59 Å². The van der Waals surface area contributed by atoms with Crippen molar-refractivity contribution in [2.24, 2.45) is 5.92 Å². The topological polar surface area (TPSA) is 94.2 Å². The molecule has 2 aliphatic rings. The molecule has 8 nitrogen and oxygen atoms in total. The molecule has 2 fully saturated rings. The Morgan fingerprint density at radius 2 is 2.00 bits per heavy atom. The Bertz CT molecular complexity index is 589. The number of aryl methyl sites for hydroxylation is 1. The molecule has 0 radical (unpaired) electrons. The Morgan fingerprint density at radius 3 is 2.54 bits per heavy atom.